The van der Waals surface area contributed by atoms with Gasteiger partial charge in [-0.3, -0.25) is 0 Å². The first kappa shape index (κ1) is 17.8. The lowest BCUT2D eigenvalue weighted by Gasteiger charge is -2.22. The molecule has 0 fully saturated rings. The summed E-state index contributed by atoms with van der Waals surface area (Å²) in [6.45, 7) is 3.99. The normalized spacial score (nSPS) is 10.8. The molecule has 0 saturated heterocycles. The number of hydrogen-bond acceptors (Lipinski definition) is 4. The Morgan fingerprint density at radius 1 is 0.731 bits per heavy atom. The summed E-state index contributed by atoms with van der Waals surface area (Å²) in [7, 11) is -2.15. The van der Waals surface area contributed by atoms with Gasteiger partial charge in [0.1, 0.15) is 17.2 Å². The van der Waals surface area contributed by atoms with Crippen molar-refractivity contribution in [2.45, 2.75) is 0 Å². The predicted molar refractivity (Wildman–Crippen MR) is 104 cm³/mol. The molecule has 0 bridgehead atoms. The molecule has 0 N–H and O–H groups in total. The van der Waals surface area contributed by atoms with Crippen LogP contribution in [-0.4, -0.2) is 7.11 Å². The van der Waals surface area contributed by atoms with E-state index in [0.717, 1.165) is 0 Å². The Bertz CT molecular complexity index is 860. The first-order chi connectivity index (χ1) is 12.6. The van der Waals surface area contributed by atoms with Crippen molar-refractivity contribution in [2.75, 3.05) is 7.11 Å². The third kappa shape index (κ3) is 4.16. The van der Waals surface area contributed by atoms with Crippen LogP contribution in [0.15, 0.2) is 91.5 Å². The van der Waals surface area contributed by atoms with E-state index >= 15 is 0 Å². The quantitative estimate of drug-likeness (QED) is 0.480. The Morgan fingerprint density at radius 3 is 1.62 bits per heavy atom. The molecule has 0 saturated carbocycles. The fraction of sp³-hybridized carbons (Fsp3) is 0.0476. The van der Waals surface area contributed by atoms with Gasteiger partial charge in [0, 0.05) is 0 Å². The van der Waals surface area contributed by atoms with Crippen molar-refractivity contribution in [3.63, 3.8) is 0 Å². The summed E-state index contributed by atoms with van der Waals surface area (Å²) in [6.07, 6.45) is 0. The van der Waals surface area contributed by atoms with Crippen LogP contribution in [0.5, 0.6) is 17.2 Å². The molecule has 3 aromatic rings. The number of benzene rings is 3. The maximum Gasteiger partial charge on any atom is 0.462 e. The van der Waals surface area contributed by atoms with Crippen molar-refractivity contribution >= 4 is 12.9 Å². The number of hydrogen-bond donors (Lipinski definition) is 0. The summed E-state index contributed by atoms with van der Waals surface area (Å²) < 4.78 is 30.4. The van der Waals surface area contributed by atoms with E-state index in [-0.39, 0.29) is 5.31 Å². The fourth-order valence-electron chi connectivity index (χ4n) is 2.31. The van der Waals surface area contributed by atoms with Crippen LogP contribution in [0.25, 0.3) is 5.31 Å². The van der Waals surface area contributed by atoms with Crippen molar-refractivity contribution in [1.82, 2.24) is 0 Å². The summed E-state index contributed by atoms with van der Waals surface area (Å²) in [4.78, 5) is 0. The second kappa shape index (κ2) is 7.94. The van der Waals surface area contributed by atoms with Crippen molar-refractivity contribution < 1.29 is 18.3 Å². The van der Waals surface area contributed by atoms with E-state index < -0.39 is 7.60 Å². The molecule has 3 aromatic carbocycles. The van der Waals surface area contributed by atoms with Crippen LogP contribution in [0.1, 0.15) is 5.56 Å². The third-order valence-corrected chi connectivity index (χ3v) is 5.51. The molecular weight excluding hydrogens is 347 g/mol. The molecule has 0 aromatic heterocycles. The molecule has 26 heavy (non-hydrogen) atoms. The Morgan fingerprint density at radius 2 is 1.19 bits per heavy atom. The van der Waals surface area contributed by atoms with Gasteiger partial charge >= 0.3 is 7.60 Å². The van der Waals surface area contributed by atoms with Crippen molar-refractivity contribution in [2.24, 2.45) is 0 Å². The molecule has 0 aliphatic rings. The lowest BCUT2D eigenvalue weighted by molar-refractivity contribution is 0.400. The Labute approximate surface area is 153 Å². The number of ether oxygens (including phenoxy) is 1. The highest BCUT2D eigenvalue weighted by Gasteiger charge is 2.33. The standard InChI is InChI=1S/C21H19O4P/c1-17(18-13-15-19(23-2)16-14-18)26(22,24-20-9-5-3-6-10-20)25-21-11-7-4-8-12-21/h3-16H,1H2,2H3. The predicted octanol–water partition coefficient (Wildman–Crippen LogP) is 6.02. The first-order valence-electron chi connectivity index (χ1n) is 8.04. The Hall–Kier alpha value is -2.97. The minimum atomic E-state index is -3.73. The van der Waals surface area contributed by atoms with Crippen LogP contribution in [-0.2, 0) is 4.57 Å². The summed E-state index contributed by atoms with van der Waals surface area (Å²) in [5.41, 5.74) is 0.654. The highest BCUT2D eigenvalue weighted by molar-refractivity contribution is 7.65. The number of para-hydroxylation sites is 2. The third-order valence-electron chi connectivity index (χ3n) is 3.69. The summed E-state index contributed by atoms with van der Waals surface area (Å²) in [5.74, 6) is 1.59. The minimum absolute atomic E-state index is 0.271. The van der Waals surface area contributed by atoms with Gasteiger partial charge in [-0.25, -0.2) is 4.57 Å². The maximum absolute atomic E-state index is 13.6. The van der Waals surface area contributed by atoms with Crippen LogP contribution < -0.4 is 13.8 Å². The summed E-state index contributed by atoms with van der Waals surface area (Å²) >= 11 is 0. The van der Waals surface area contributed by atoms with Gasteiger partial charge in [0.05, 0.1) is 12.4 Å². The van der Waals surface area contributed by atoms with E-state index in [1.807, 2.05) is 12.1 Å². The van der Waals surface area contributed by atoms with Crippen LogP contribution in [0.3, 0.4) is 0 Å². The van der Waals surface area contributed by atoms with E-state index in [1.54, 1.807) is 79.9 Å². The summed E-state index contributed by atoms with van der Waals surface area (Å²) in [5, 5.41) is 0.271. The fourth-order valence-corrected chi connectivity index (χ4v) is 3.83. The molecule has 0 spiro atoms. The van der Waals surface area contributed by atoms with Gasteiger partial charge in [-0.15, -0.1) is 0 Å². The highest BCUT2D eigenvalue weighted by Crippen LogP contribution is 2.58. The monoisotopic (exact) mass is 366 g/mol. The zero-order chi connectivity index (χ0) is 18.4. The lowest BCUT2D eigenvalue weighted by Crippen LogP contribution is -2.03. The van der Waals surface area contributed by atoms with Crippen molar-refractivity contribution in [3.05, 3.63) is 97.1 Å². The van der Waals surface area contributed by atoms with E-state index in [1.165, 1.54) is 0 Å². The zero-order valence-electron chi connectivity index (χ0n) is 14.4. The molecule has 5 heteroatoms. The molecule has 0 radical (unpaired) electrons. The molecule has 4 nitrogen and oxygen atoms in total. The van der Waals surface area contributed by atoms with E-state index in [4.69, 9.17) is 13.8 Å². The van der Waals surface area contributed by atoms with E-state index in [9.17, 15) is 4.57 Å². The Balaban J connectivity index is 1.95. The van der Waals surface area contributed by atoms with Gasteiger partial charge in [-0.1, -0.05) is 55.1 Å². The topological polar surface area (TPSA) is 44.8 Å². The van der Waals surface area contributed by atoms with Gasteiger partial charge < -0.3 is 13.8 Å². The van der Waals surface area contributed by atoms with E-state index in [2.05, 4.69) is 6.58 Å². The first-order valence-corrected chi connectivity index (χ1v) is 9.58. The molecule has 0 aliphatic carbocycles. The zero-order valence-corrected chi connectivity index (χ0v) is 15.3. The van der Waals surface area contributed by atoms with Gasteiger partial charge in [0.15, 0.2) is 0 Å². The molecule has 132 valence electrons. The number of rotatable bonds is 7. The smallest absolute Gasteiger partial charge is 0.462 e. The van der Waals surface area contributed by atoms with Crippen LogP contribution in [0.4, 0.5) is 0 Å². The van der Waals surface area contributed by atoms with Crippen molar-refractivity contribution in [3.8, 4) is 17.2 Å². The number of methoxy groups -OCH3 is 1. The van der Waals surface area contributed by atoms with Gasteiger partial charge in [0.25, 0.3) is 0 Å². The summed E-state index contributed by atoms with van der Waals surface area (Å²) in [6, 6.07) is 24.9. The van der Waals surface area contributed by atoms with Gasteiger partial charge in [-0.2, -0.15) is 0 Å². The average molecular weight is 366 g/mol. The van der Waals surface area contributed by atoms with E-state index in [0.29, 0.717) is 22.8 Å². The van der Waals surface area contributed by atoms with Crippen LogP contribution in [0.2, 0.25) is 0 Å². The largest absolute Gasteiger partial charge is 0.497 e. The molecule has 0 unspecified atom stereocenters. The highest BCUT2D eigenvalue weighted by atomic mass is 31.2. The maximum atomic E-state index is 13.6. The second-order valence-electron chi connectivity index (χ2n) is 5.48. The molecule has 3 rings (SSSR count). The molecule has 0 heterocycles. The minimum Gasteiger partial charge on any atom is -0.497 e. The van der Waals surface area contributed by atoms with Gasteiger partial charge in [0.2, 0.25) is 0 Å². The molecule has 0 amide bonds. The van der Waals surface area contributed by atoms with Crippen molar-refractivity contribution in [1.29, 1.82) is 0 Å². The lowest BCUT2D eigenvalue weighted by atomic mass is 10.2. The molecule has 0 aliphatic heterocycles. The SMILES string of the molecule is C=C(c1ccc(OC)cc1)P(=O)(Oc1ccccc1)Oc1ccccc1. The Kier molecular flexibility index (Phi) is 5.45. The average Bonchev–Trinajstić information content (AvgIpc) is 2.69. The molecular formula is C21H19O4P. The van der Waals surface area contributed by atoms with Gasteiger partial charge in [-0.05, 0) is 42.0 Å². The molecule has 0 atom stereocenters. The second-order valence-corrected chi connectivity index (χ2v) is 7.38. The van der Waals surface area contributed by atoms with Crippen LogP contribution >= 0.6 is 7.60 Å². The van der Waals surface area contributed by atoms with Crippen LogP contribution in [0, 0.1) is 0 Å².